The Morgan fingerprint density at radius 2 is 2.29 bits per heavy atom. The molecule has 4 nitrogen and oxygen atoms in total. The number of carbonyl (C=O) groups is 1. The summed E-state index contributed by atoms with van der Waals surface area (Å²) in [6, 6.07) is 3.82. The van der Waals surface area contributed by atoms with Gasteiger partial charge in [0.15, 0.2) is 0 Å². The van der Waals surface area contributed by atoms with Crippen molar-refractivity contribution in [2.45, 2.75) is 30.1 Å². The zero-order valence-corrected chi connectivity index (χ0v) is 13.3. The molecule has 1 spiro atoms. The summed E-state index contributed by atoms with van der Waals surface area (Å²) in [5.41, 5.74) is 0.786. The van der Waals surface area contributed by atoms with Crippen molar-refractivity contribution in [3.05, 3.63) is 24.0 Å². The number of hydrogen-bond acceptors (Lipinski definition) is 3. The fraction of sp³-hybridized carbons (Fsp3) is 0.688. The Bertz CT molecular complexity index is 546. The molecule has 1 aromatic rings. The van der Waals surface area contributed by atoms with Crippen LogP contribution < -0.4 is 0 Å². The molecule has 5 heteroatoms. The molecule has 3 fully saturated rings. The van der Waals surface area contributed by atoms with Gasteiger partial charge < -0.3 is 14.2 Å². The molecule has 3 heterocycles. The molecule has 0 bridgehead atoms. The van der Waals surface area contributed by atoms with Crippen LogP contribution in [0.15, 0.2) is 18.3 Å². The second kappa shape index (κ2) is 5.06. The number of rotatable bonds is 4. The average molecular weight is 306 g/mol. The first kappa shape index (κ1) is 13.7. The fourth-order valence-electron chi connectivity index (χ4n) is 3.32. The Hall–Kier alpha value is -0.940. The topological polar surface area (TPSA) is 34.5 Å². The van der Waals surface area contributed by atoms with Crippen LogP contribution in [0.25, 0.3) is 0 Å². The Balaban J connectivity index is 1.30. The molecule has 1 atom stereocenters. The fourth-order valence-corrected chi connectivity index (χ4v) is 4.88. The van der Waals surface area contributed by atoms with Crippen LogP contribution in [0.3, 0.4) is 0 Å². The smallest absolute Gasteiger partial charge is 0.270 e. The maximum absolute atomic E-state index is 12.4. The summed E-state index contributed by atoms with van der Waals surface area (Å²) in [5.74, 6) is 2.10. The van der Waals surface area contributed by atoms with Crippen LogP contribution >= 0.6 is 11.8 Å². The Morgan fingerprint density at radius 3 is 2.95 bits per heavy atom. The second-order valence-electron chi connectivity index (χ2n) is 6.76. The molecular formula is C16H22N2O2S. The standard InChI is InChI=1S/C16H22N2O2S/c1-17-6-2-3-14(17)15(19)18-10-16(11-18)7-13(9-21-16)20-8-12-4-5-12/h2-3,6,12-13H,4-5,7-11H2,1H3/t13-/m1/s1. The number of likely N-dealkylation sites (tertiary alicyclic amines) is 1. The molecule has 3 aliphatic rings. The van der Waals surface area contributed by atoms with Crippen LogP contribution in [0.4, 0.5) is 0 Å². The normalized spacial score (nSPS) is 27.1. The molecule has 1 amide bonds. The van der Waals surface area contributed by atoms with Crippen molar-refractivity contribution in [2.75, 3.05) is 25.4 Å². The minimum absolute atomic E-state index is 0.163. The van der Waals surface area contributed by atoms with Gasteiger partial charge in [0.2, 0.25) is 0 Å². The van der Waals surface area contributed by atoms with Gasteiger partial charge in [0, 0.05) is 38.7 Å². The SMILES string of the molecule is Cn1cccc1C(=O)N1CC2(C[C@@H](OCC3CC3)CS2)C1. The number of aromatic nitrogens is 1. The molecule has 0 unspecified atom stereocenters. The molecule has 1 aliphatic carbocycles. The number of aryl methyl sites for hydroxylation is 1. The highest BCUT2D eigenvalue weighted by atomic mass is 32.2. The van der Waals surface area contributed by atoms with Gasteiger partial charge in [-0.25, -0.2) is 0 Å². The summed E-state index contributed by atoms with van der Waals surface area (Å²) in [5, 5.41) is 0. The number of thioether (sulfide) groups is 1. The van der Waals surface area contributed by atoms with Gasteiger partial charge in [-0.2, -0.15) is 0 Å². The predicted octanol–water partition coefficient (Wildman–Crippen LogP) is 2.15. The van der Waals surface area contributed by atoms with Crippen molar-refractivity contribution in [3.63, 3.8) is 0 Å². The third-order valence-corrected chi connectivity index (χ3v) is 6.42. The van der Waals surface area contributed by atoms with Gasteiger partial charge in [0.05, 0.1) is 10.9 Å². The molecule has 2 saturated heterocycles. The van der Waals surface area contributed by atoms with Gasteiger partial charge in [-0.05, 0) is 37.3 Å². The first-order valence-electron chi connectivity index (χ1n) is 7.81. The number of ether oxygens (including phenoxy) is 1. The quantitative estimate of drug-likeness (QED) is 0.855. The molecular weight excluding hydrogens is 284 g/mol. The van der Waals surface area contributed by atoms with E-state index in [9.17, 15) is 4.79 Å². The van der Waals surface area contributed by atoms with Crippen molar-refractivity contribution >= 4 is 17.7 Å². The average Bonchev–Trinajstić information content (AvgIpc) is 3.00. The Morgan fingerprint density at radius 1 is 1.48 bits per heavy atom. The highest BCUT2D eigenvalue weighted by Gasteiger charge is 2.51. The molecule has 0 N–H and O–H groups in total. The van der Waals surface area contributed by atoms with Gasteiger partial charge in [-0.1, -0.05) is 0 Å². The van der Waals surface area contributed by atoms with E-state index < -0.39 is 0 Å². The monoisotopic (exact) mass is 306 g/mol. The minimum Gasteiger partial charge on any atom is -0.377 e. The van der Waals surface area contributed by atoms with Gasteiger partial charge in [0.1, 0.15) is 5.69 Å². The summed E-state index contributed by atoms with van der Waals surface area (Å²) in [4.78, 5) is 14.4. The maximum Gasteiger partial charge on any atom is 0.270 e. The lowest BCUT2D eigenvalue weighted by Gasteiger charge is -2.47. The van der Waals surface area contributed by atoms with E-state index in [4.69, 9.17) is 4.74 Å². The molecule has 1 aromatic heterocycles. The van der Waals surface area contributed by atoms with Crippen LogP contribution in [0.2, 0.25) is 0 Å². The summed E-state index contributed by atoms with van der Waals surface area (Å²) < 4.78 is 8.19. The summed E-state index contributed by atoms with van der Waals surface area (Å²) in [6.45, 7) is 2.71. The van der Waals surface area contributed by atoms with E-state index >= 15 is 0 Å². The molecule has 0 radical (unpaired) electrons. The molecule has 4 rings (SSSR count). The molecule has 0 aromatic carbocycles. The van der Waals surface area contributed by atoms with E-state index in [1.165, 1.54) is 12.8 Å². The van der Waals surface area contributed by atoms with Crippen LogP contribution in [0.1, 0.15) is 29.8 Å². The van der Waals surface area contributed by atoms with E-state index in [-0.39, 0.29) is 10.7 Å². The lowest BCUT2D eigenvalue weighted by Crippen LogP contribution is -2.61. The summed E-state index contributed by atoms with van der Waals surface area (Å²) in [6.07, 6.45) is 6.15. The first-order valence-corrected chi connectivity index (χ1v) is 8.80. The van der Waals surface area contributed by atoms with E-state index in [1.54, 1.807) is 0 Å². The largest absolute Gasteiger partial charge is 0.377 e. The Labute approximate surface area is 129 Å². The maximum atomic E-state index is 12.4. The third kappa shape index (κ3) is 2.61. The second-order valence-corrected chi connectivity index (χ2v) is 8.25. The lowest BCUT2D eigenvalue weighted by molar-refractivity contribution is 0.0282. The predicted molar refractivity (Wildman–Crippen MR) is 83.6 cm³/mol. The Kier molecular flexibility index (Phi) is 3.30. The van der Waals surface area contributed by atoms with E-state index in [2.05, 4.69) is 0 Å². The van der Waals surface area contributed by atoms with Crippen molar-refractivity contribution in [2.24, 2.45) is 13.0 Å². The van der Waals surface area contributed by atoms with Crippen molar-refractivity contribution in [3.8, 4) is 0 Å². The van der Waals surface area contributed by atoms with Gasteiger partial charge in [0.25, 0.3) is 5.91 Å². The zero-order chi connectivity index (χ0) is 14.4. The minimum atomic E-state index is 0.163. The first-order chi connectivity index (χ1) is 10.2. The zero-order valence-electron chi connectivity index (χ0n) is 12.5. The van der Waals surface area contributed by atoms with E-state index in [1.807, 2.05) is 46.6 Å². The number of hydrogen-bond donors (Lipinski definition) is 0. The lowest BCUT2D eigenvalue weighted by atomic mass is 9.92. The molecule has 2 aliphatic heterocycles. The van der Waals surface area contributed by atoms with Crippen molar-refractivity contribution in [1.29, 1.82) is 0 Å². The van der Waals surface area contributed by atoms with Gasteiger partial charge >= 0.3 is 0 Å². The van der Waals surface area contributed by atoms with Crippen LogP contribution in [-0.2, 0) is 11.8 Å². The summed E-state index contributed by atoms with van der Waals surface area (Å²) in [7, 11) is 1.93. The van der Waals surface area contributed by atoms with E-state index in [0.29, 0.717) is 6.10 Å². The molecule has 1 saturated carbocycles. The van der Waals surface area contributed by atoms with Crippen molar-refractivity contribution < 1.29 is 9.53 Å². The highest BCUT2D eigenvalue weighted by molar-refractivity contribution is 8.01. The molecule has 21 heavy (non-hydrogen) atoms. The third-order valence-electron chi connectivity index (χ3n) is 4.85. The molecule has 114 valence electrons. The van der Waals surface area contributed by atoms with E-state index in [0.717, 1.165) is 43.5 Å². The van der Waals surface area contributed by atoms with Crippen LogP contribution in [0, 0.1) is 5.92 Å². The number of carbonyl (C=O) groups excluding carboxylic acids is 1. The highest BCUT2D eigenvalue weighted by Crippen LogP contribution is 2.46. The number of amides is 1. The van der Waals surface area contributed by atoms with Crippen LogP contribution in [-0.4, -0.2) is 51.7 Å². The van der Waals surface area contributed by atoms with Gasteiger partial charge in [-0.15, -0.1) is 11.8 Å². The van der Waals surface area contributed by atoms with Crippen molar-refractivity contribution in [1.82, 2.24) is 9.47 Å². The van der Waals surface area contributed by atoms with Gasteiger partial charge in [-0.3, -0.25) is 4.79 Å². The number of nitrogens with zero attached hydrogens (tertiary/aromatic N) is 2. The summed E-state index contributed by atoms with van der Waals surface area (Å²) >= 11 is 2.01. The van der Waals surface area contributed by atoms with Crippen LogP contribution in [0.5, 0.6) is 0 Å².